The molecule has 0 bridgehead atoms. The van der Waals surface area contributed by atoms with Gasteiger partial charge in [0.25, 0.3) is 0 Å². The fraction of sp³-hybridized carbons (Fsp3) is 0.500. The Bertz CT molecular complexity index is 639. The summed E-state index contributed by atoms with van der Waals surface area (Å²) in [5, 5.41) is 7.28. The van der Waals surface area contributed by atoms with Crippen LogP contribution in [0.5, 0.6) is 0 Å². The summed E-state index contributed by atoms with van der Waals surface area (Å²) in [6.45, 7) is 0.787. The summed E-state index contributed by atoms with van der Waals surface area (Å²) >= 11 is 0. The van der Waals surface area contributed by atoms with Crippen LogP contribution in [0.3, 0.4) is 0 Å². The first-order valence-electron chi connectivity index (χ1n) is 7.73. The third-order valence-electron chi connectivity index (χ3n) is 4.27. The Morgan fingerprint density at radius 1 is 1.18 bits per heavy atom. The second-order valence-corrected chi connectivity index (χ2v) is 6.03. The first-order chi connectivity index (χ1) is 10.8. The zero-order valence-electron chi connectivity index (χ0n) is 12.2. The maximum atomic E-state index is 12.9. The molecule has 2 aliphatic rings. The Kier molecular flexibility index (Phi) is 3.54. The van der Waals surface area contributed by atoms with Gasteiger partial charge in [-0.2, -0.15) is 4.98 Å². The van der Waals surface area contributed by atoms with Gasteiger partial charge in [-0.25, -0.2) is 4.39 Å². The molecular weight excluding hydrogens is 285 g/mol. The number of benzene rings is 1. The lowest BCUT2D eigenvalue weighted by Crippen LogP contribution is -2.31. The molecule has 1 N–H and O–H groups in total. The molecule has 1 saturated heterocycles. The molecule has 1 saturated carbocycles. The molecule has 5 nitrogen and oxygen atoms in total. The van der Waals surface area contributed by atoms with E-state index in [1.165, 1.54) is 25.0 Å². The maximum absolute atomic E-state index is 12.9. The van der Waals surface area contributed by atoms with Crippen molar-refractivity contribution in [2.75, 3.05) is 11.9 Å². The average Bonchev–Trinajstić information content (AvgIpc) is 3.10. The van der Waals surface area contributed by atoms with Crippen LogP contribution in [0.25, 0.3) is 0 Å². The maximum Gasteiger partial charge on any atom is 0.321 e. The molecule has 0 amide bonds. The molecule has 1 aromatic carbocycles. The quantitative estimate of drug-likeness (QED) is 0.920. The van der Waals surface area contributed by atoms with Crippen molar-refractivity contribution in [2.24, 2.45) is 5.92 Å². The number of aromatic nitrogens is 2. The van der Waals surface area contributed by atoms with E-state index >= 15 is 0 Å². The molecule has 0 unspecified atom stereocenters. The van der Waals surface area contributed by atoms with Crippen LogP contribution in [0.15, 0.2) is 28.8 Å². The van der Waals surface area contributed by atoms with Gasteiger partial charge in [-0.1, -0.05) is 17.3 Å². The van der Waals surface area contributed by atoms with Gasteiger partial charge in [0.2, 0.25) is 0 Å². The van der Waals surface area contributed by atoms with Crippen LogP contribution in [0.2, 0.25) is 0 Å². The van der Waals surface area contributed by atoms with Gasteiger partial charge in [0.15, 0.2) is 5.82 Å². The highest BCUT2D eigenvalue weighted by atomic mass is 19.1. The fourth-order valence-corrected chi connectivity index (χ4v) is 2.98. The van der Waals surface area contributed by atoms with Gasteiger partial charge >= 0.3 is 6.01 Å². The van der Waals surface area contributed by atoms with E-state index < -0.39 is 0 Å². The van der Waals surface area contributed by atoms with Crippen LogP contribution in [-0.4, -0.2) is 28.9 Å². The lowest BCUT2D eigenvalue weighted by molar-refractivity contribution is 0.0894. The first kappa shape index (κ1) is 13.7. The molecule has 22 heavy (non-hydrogen) atoms. The highest BCUT2D eigenvalue weighted by Gasteiger charge is 2.41. The first-order valence-corrected chi connectivity index (χ1v) is 7.73. The molecule has 0 radical (unpaired) electrons. The minimum atomic E-state index is -0.244. The van der Waals surface area contributed by atoms with Gasteiger partial charge < -0.3 is 14.6 Å². The Balaban J connectivity index is 1.39. The van der Waals surface area contributed by atoms with E-state index in [-0.39, 0.29) is 18.0 Å². The summed E-state index contributed by atoms with van der Waals surface area (Å²) in [6, 6.07) is 7.03. The SMILES string of the molecule is Fc1ccc(Cc2noc(N[C@H]3CCO[C@@H]3C3CC3)n2)cc1. The summed E-state index contributed by atoms with van der Waals surface area (Å²) in [5.41, 5.74) is 0.953. The monoisotopic (exact) mass is 303 g/mol. The number of hydrogen-bond donors (Lipinski definition) is 1. The lowest BCUT2D eigenvalue weighted by Gasteiger charge is -2.17. The van der Waals surface area contributed by atoms with Crippen molar-refractivity contribution in [3.05, 3.63) is 41.5 Å². The zero-order chi connectivity index (χ0) is 14.9. The number of hydrogen-bond acceptors (Lipinski definition) is 5. The smallest absolute Gasteiger partial charge is 0.321 e. The minimum absolute atomic E-state index is 0.244. The second kappa shape index (κ2) is 5.68. The number of nitrogens with zero attached hydrogens (tertiary/aromatic N) is 2. The number of ether oxygens (including phenoxy) is 1. The van der Waals surface area contributed by atoms with Crippen molar-refractivity contribution in [3.63, 3.8) is 0 Å². The molecule has 4 rings (SSSR count). The highest BCUT2D eigenvalue weighted by Crippen LogP contribution is 2.39. The molecular formula is C16H18FN3O2. The van der Waals surface area contributed by atoms with Crippen LogP contribution in [-0.2, 0) is 11.2 Å². The van der Waals surface area contributed by atoms with E-state index in [0.29, 0.717) is 24.2 Å². The standard InChI is InChI=1S/C16H18FN3O2/c17-12-5-1-10(2-6-12)9-14-19-16(22-20-14)18-13-7-8-21-15(13)11-3-4-11/h1-2,5-6,11,13,15H,3-4,7-9H2,(H,18,19,20)/t13-,15+/m0/s1. The molecule has 0 spiro atoms. The van der Waals surface area contributed by atoms with Gasteiger partial charge in [0.1, 0.15) is 5.82 Å². The highest BCUT2D eigenvalue weighted by molar-refractivity contribution is 5.25. The third-order valence-corrected chi connectivity index (χ3v) is 4.27. The number of rotatable bonds is 5. The van der Waals surface area contributed by atoms with Crippen LogP contribution in [0.1, 0.15) is 30.7 Å². The number of halogens is 1. The van der Waals surface area contributed by atoms with Gasteiger partial charge in [0, 0.05) is 13.0 Å². The normalized spacial score (nSPS) is 24.6. The Labute approximate surface area is 127 Å². The van der Waals surface area contributed by atoms with Crippen molar-refractivity contribution in [3.8, 4) is 0 Å². The van der Waals surface area contributed by atoms with Gasteiger partial charge in [0.05, 0.1) is 12.1 Å². The van der Waals surface area contributed by atoms with Crippen LogP contribution >= 0.6 is 0 Å². The van der Waals surface area contributed by atoms with Gasteiger partial charge in [-0.15, -0.1) is 0 Å². The van der Waals surface area contributed by atoms with E-state index in [9.17, 15) is 4.39 Å². The van der Waals surface area contributed by atoms with Crippen LogP contribution in [0, 0.1) is 11.7 Å². The topological polar surface area (TPSA) is 60.2 Å². The zero-order valence-corrected chi connectivity index (χ0v) is 12.2. The molecule has 1 aliphatic heterocycles. The molecule has 1 aromatic heterocycles. The van der Waals surface area contributed by atoms with Crippen LogP contribution in [0.4, 0.5) is 10.4 Å². The van der Waals surface area contributed by atoms with E-state index in [0.717, 1.165) is 18.6 Å². The summed E-state index contributed by atoms with van der Waals surface area (Å²) in [6.07, 6.45) is 4.27. The molecule has 2 atom stereocenters. The van der Waals surface area contributed by atoms with Crippen molar-refractivity contribution in [2.45, 2.75) is 37.8 Å². The van der Waals surface area contributed by atoms with Crippen molar-refractivity contribution < 1.29 is 13.7 Å². The fourth-order valence-electron chi connectivity index (χ4n) is 2.98. The summed E-state index contributed by atoms with van der Waals surface area (Å²) in [4.78, 5) is 4.37. The average molecular weight is 303 g/mol. The molecule has 2 fully saturated rings. The molecule has 116 valence electrons. The van der Waals surface area contributed by atoms with Crippen molar-refractivity contribution in [1.82, 2.24) is 10.1 Å². The predicted molar refractivity (Wildman–Crippen MR) is 78.0 cm³/mol. The number of anilines is 1. The second-order valence-electron chi connectivity index (χ2n) is 6.03. The molecule has 6 heteroatoms. The molecule has 1 aliphatic carbocycles. The van der Waals surface area contributed by atoms with Crippen molar-refractivity contribution >= 4 is 6.01 Å². The van der Waals surface area contributed by atoms with Gasteiger partial charge in [-0.3, -0.25) is 0 Å². The lowest BCUT2D eigenvalue weighted by atomic mass is 10.1. The largest absolute Gasteiger partial charge is 0.376 e. The van der Waals surface area contributed by atoms with Crippen molar-refractivity contribution in [1.29, 1.82) is 0 Å². The molecule has 2 aromatic rings. The van der Waals surface area contributed by atoms with E-state index in [2.05, 4.69) is 15.5 Å². The van der Waals surface area contributed by atoms with E-state index in [1.54, 1.807) is 12.1 Å². The van der Waals surface area contributed by atoms with Crippen LogP contribution < -0.4 is 5.32 Å². The number of nitrogens with one attached hydrogen (secondary N) is 1. The van der Waals surface area contributed by atoms with E-state index in [4.69, 9.17) is 9.26 Å². The minimum Gasteiger partial charge on any atom is -0.376 e. The predicted octanol–water partition coefficient (Wildman–Crippen LogP) is 2.78. The van der Waals surface area contributed by atoms with Gasteiger partial charge in [-0.05, 0) is 42.9 Å². The summed E-state index contributed by atoms with van der Waals surface area (Å²) in [7, 11) is 0. The summed E-state index contributed by atoms with van der Waals surface area (Å²) in [5.74, 6) is 1.03. The third kappa shape index (κ3) is 2.97. The Hall–Kier alpha value is -1.95. The summed E-state index contributed by atoms with van der Waals surface area (Å²) < 4.78 is 23.9. The Morgan fingerprint density at radius 2 is 2.00 bits per heavy atom. The Morgan fingerprint density at radius 3 is 2.77 bits per heavy atom. The molecule has 2 heterocycles. The van der Waals surface area contributed by atoms with E-state index in [1.807, 2.05) is 0 Å².